The number of carboxylic acid groups (broad SMARTS) is 1. The van der Waals surface area contributed by atoms with Crippen LogP contribution in [-0.4, -0.2) is 49.9 Å². The molecule has 10 nitrogen and oxygen atoms in total. The van der Waals surface area contributed by atoms with Crippen LogP contribution < -0.4 is 4.74 Å². The van der Waals surface area contributed by atoms with Crippen LogP contribution in [0.25, 0.3) is 5.69 Å². The quantitative estimate of drug-likeness (QED) is 0.110. The molecule has 0 bridgehead atoms. The van der Waals surface area contributed by atoms with Gasteiger partial charge in [0.25, 0.3) is 0 Å². The first-order valence-corrected chi connectivity index (χ1v) is 17.4. The zero-order valence-electron chi connectivity index (χ0n) is 26.6. The minimum atomic E-state index is -3.83. The van der Waals surface area contributed by atoms with Crippen LogP contribution in [0, 0.1) is 0 Å². The molecule has 0 saturated heterocycles. The Morgan fingerprint density at radius 3 is 2.35 bits per heavy atom. The van der Waals surface area contributed by atoms with E-state index in [0.717, 1.165) is 49.0 Å². The smallest absolute Gasteiger partial charge is 0.337 e. The van der Waals surface area contributed by atoms with Crippen molar-refractivity contribution in [2.24, 2.45) is 7.05 Å². The van der Waals surface area contributed by atoms with E-state index in [1.165, 1.54) is 0 Å². The molecule has 2 atom stereocenters. The molecule has 6 rings (SSSR count). The second-order valence-electron chi connectivity index (χ2n) is 12.0. The van der Waals surface area contributed by atoms with Gasteiger partial charge in [-0.2, -0.15) is 4.31 Å². The number of carboxylic acids is 1. The van der Waals surface area contributed by atoms with Crippen LogP contribution in [0.2, 0.25) is 0 Å². The van der Waals surface area contributed by atoms with Crippen molar-refractivity contribution in [3.8, 4) is 17.2 Å². The molecule has 0 unspecified atom stereocenters. The Morgan fingerprint density at radius 2 is 1.67 bits per heavy atom. The highest BCUT2D eigenvalue weighted by Crippen LogP contribution is 2.55. The number of aromatic carboxylic acids is 1. The lowest BCUT2D eigenvalue weighted by molar-refractivity contribution is 0.0695. The summed E-state index contributed by atoms with van der Waals surface area (Å²) in [7, 11) is -2.02. The van der Waals surface area contributed by atoms with Crippen LogP contribution >= 0.6 is 0 Å². The highest BCUT2D eigenvalue weighted by molar-refractivity contribution is 7.89. The molecule has 1 aliphatic carbocycles. The number of aromatic nitrogens is 4. The predicted molar refractivity (Wildman–Crippen MR) is 192 cm³/mol. The summed E-state index contributed by atoms with van der Waals surface area (Å²) in [6.45, 7) is 2.69. The van der Waals surface area contributed by atoms with E-state index in [1.807, 2.05) is 72.4 Å². The van der Waals surface area contributed by atoms with E-state index < -0.39 is 16.0 Å². The van der Waals surface area contributed by atoms with Crippen molar-refractivity contribution in [2.45, 2.75) is 77.2 Å². The third-order valence-electron chi connectivity index (χ3n) is 8.55. The van der Waals surface area contributed by atoms with Crippen molar-refractivity contribution in [3.63, 3.8) is 0 Å². The van der Waals surface area contributed by atoms with Gasteiger partial charge in [0.1, 0.15) is 11.5 Å². The van der Waals surface area contributed by atoms with Gasteiger partial charge >= 0.3 is 5.97 Å². The number of hydrogen-bond acceptors (Lipinski definition) is 6. The minimum absolute atomic E-state index is 0. The van der Waals surface area contributed by atoms with Gasteiger partial charge in [0.2, 0.25) is 10.0 Å². The number of unbranched alkanes of at least 4 members (excludes halogenated alkanes) is 3. The zero-order chi connectivity index (χ0) is 33.0. The van der Waals surface area contributed by atoms with Crippen LogP contribution in [0.1, 0.15) is 93.0 Å². The van der Waals surface area contributed by atoms with Crippen LogP contribution in [0.3, 0.4) is 0 Å². The molecule has 3 aromatic carbocycles. The molecule has 1 N–H and O–H groups in total. The van der Waals surface area contributed by atoms with Gasteiger partial charge in [-0.05, 0) is 73.0 Å². The number of benzene rings is 3. The lowest BCUT2D eigenvalue weighted by atomic mass is 10.1. The van der Waals surface area contributed by atoms with Crippen LogP contribution in [0.4, 0.5) is 0 Å². The Morgan fingerprint density at radius 1 is 0.939 bits per heavy atom. The Balaban J connectivity index is 0.00000270. The molecule has 0 spiro atoms. The van der Waals surface area contributed by atoms with Crippen LogP contribution in [0.5, 0.6) is 11.5 Å². The molecule has 1 aliphatic rings. The average molecular weight is 686 g/mol. The number of rotatable bonds is 15. The zero-order valence-corrected chi connectivity index (χ0v) is 27.4. The van der Waals surface area contributed by atoms with Crippen molar-refractivity contribution in [1.82, 2.24) is 23.9 Å². The van der Waals surface area contributed by atoms with Gasteiger partial charge in [-0.1, -0.05) is 76.6 Å². The molecule has 11 heteroatoms. The molecule has 260 valence electrons. The van der Waals surface area contributed by atoms with E-state index in [-0.39, 0.29) is 43.7 Å². The largest absolute Gasteiger partial charge is 0.478 e. The summed E-state index contributed by atoms with van der Waals surface area (Å²) < 4.78 is 39.0. The van der Waals surface area contributed by atoms with Gasteiger partial charge in [0.15, 0.2) is 0 Å². The maximum atomic E-state index is 14.0. The standard InChI is InChI=1S/C36H39N5O5S.2CH4/c1-3-4-5-9-20-40(47(44,45)30-17-15-29(16-18-30)46-28-13-7-6-8-14-28)24-26-11-10-12-27(22-26)41-21-19-31(36(42)43)35(41)33-23-32(33)34-25-39(2)38-37-34;;/h6-8,10-19,21-22,25,32-33H,3-5,9,20,23-24H2,1-2H3,(H,42,43);2*1H4/t32-,33-;;/m1../s1. The number of nitrogens with zero attached hydrogens (tertiary/aromatic N) is 5. The third-order valence-corrected chi connectivity index (χ3v) is 10.4. The topological polar surface area (TPSA) is 120 Å². The molecular formula is C38H47N5O5S. The van der Waals surface area contributed by atoms with E-state index >= 15 is 0 Å². The summed E-state index contributed by atoms with van der Waals surface area (Å²) >= 11 is 0. The van der Waals surface area contributed by atoms with E-state index in [9.17, 15) is 18.3 Å². The first-order valence-electron chi connectivity index (χ1n) is 16.0. The van der Waals surface area contributed by atoms with E-state index in [0.29, 0.717) is 23.7 Å². The van der Waals surface area contributed by atoms with Crippen molar-refractivity contribution in [1.29, 1.82) is 0 Å². The van der Waals surface area contributed by atoms with Crippen LogP contribution in [-0.2, 0) is 23.6 Å². The van der Waals surface area contributed by atoms with Gasteiger partial charge in [-0.25, -0.2) is 13.2 Å². The first kappa shape index (κ1) is 37.1. The number of para-hydroxylation sites is 1. The molecule has 5 aromatic rings. The minimum Gasteiger partial charge on any atom is -0.478 e. The Hall–Kier alpha value is -4.74. The third kappa shape index (κ3) is 8.47. The molecule has 0 aliphatic heterocycles. The first-order chi connectivity index (χ1) is 22.7. The summed E-state index contributed by atoms with van der Waals surface area (Å²) in [5.41, 5.74) is 3.40. The second-order valence-corrected chi connectivity index (χ2v) is 13.9. The molecule has 0 radical (unpaired) electrons. The fraction of sp³-hybridized carbons (Fsp3) is 0.342. The molecule has 0 amide bonds. The molecule has 49 heavy (non-hydrogen) atoms. The van der Waals surface area contributed by atoms with E-state index in [1.54, 1.807) is 45.5 Å². The van der Waals surface area contributed by atoms with Crippen molar-refractivity contribution in [3.05, 3.63) is 120 Å². The molecule has 1 saturated carbocycles. The fourth-order valence-corrected chi connectivity index (χ4v) is 7.52. The summed E-state index contributed by atoms with van der Waals surface area (Å²) in [6, 6.07) is 25.2. The predicted octanol–water partition coefficient (Wildman–Crippen LogP) is 8.41. The summed E-state index contributed by atoms with van der Waals surface area (Å²) in [4.78, 5) is 12.4. The molecule has 1 fully saturated rings. The summed E-state index contributed by atoms with van der Waals surface area (Å²) in [6.07, 6.45) is 8.20. The molecular weight excluding hydrogens is 639 g/mol. The molecule has 2 aromatic heterocycles. The van der Waals surface area contributed by atoms with Gasteiger partial charge < -0.3 is 14.4 Å². The number of sulfonamides is 1. The van der Waals surface area contributed by atoms with Crippen molar-refractivity contribution in [2.75, 3.05) is 6.54 Å². The number of hydrogen-bond donors (Lipinski definition) is 1. The van der Waals surface area contributed by atoms with E-state index in [2.05, 4.69) is 17.2 Å². The summed E-state index contributed by atoms with van der Waals surface area (Å²) in [5, 5.41) is 18.3. The maximum absolute atomic E-state index is 14.0. The normalized spacial score (nSPS) is 15.3. The number of ether oxygens (including phenoxy) is 1. The van der Waals surface area contributed by atoms with Crippen molar-refractivity contribution < 1.29 is 23.1 Å². The highest BCUT2D eigenvalue weighted by atomic mass is 32.2. The number of carbonyl (C=O) groups is 1. The van der Waals surface area contributed by atoms with Gasteiger partial charge in [-0.15, -0.1) is 5.10 Å². The van der Waals surface area contributed by atoms with Crippen LogP contribution in [0.15, 0.2) is 102 Å². The Kier molecular flexibility index (Phi) is 12.2. The monoisotopic (exact) mass is 685 g/mol. The summed E-state index contributed by atoms with van der Waals surface area (Å²) in [5.74, 6) is 0.322. The number of aryl methyl sites for hydroxylation is 1. The fourth-order valence-electron chi connectivity index (χ4n) is 6.05. The highest BCUT2D eigenvalue weighted by Gasteiger charge is 2.45. The van der Waals surface area contributed by atoms with Gasteiger partial charge in [0.05, 0.1) is 16.2 Å². The lowest BCUT2D eigenvalue weighted by Crippen LogP contribution is -2.31. The second kappa shape index (κ2) is 16.1. The average Bonchev–Trinajstić information content (AvgIpc) is 3.51. The van der Waals surface area contributed by atoms with Gasteiger partial charge in [-0.3, -0.25) is 4.68 Å². The lowest BCUT2D eigenvalue weighted by Gasteiger charge is -2.23. The van der Waals surface area contributed by atoms with Gasteiger partial charge in [0, 0.05) is 55.7 Å². The maximum Gasteiger partial charge on any atom is 0.337 e. The van der Waals surface area contributed by atoms with Crippen molar-refractivity contribution >= 4 is 16.0 Å². The SMILES string of the molecule is C.C.CCCCCCN(Cc1cccc(-n2ccc(C(=O)O)c2[C@@H]2C[C@H]2c2cn(C)nn2)c1)S(=O)(=O)c1ccc(Oc2ccccc2)cc1. The molecule has 2 heterocycles. The van der Waals surface area contributed by atoms with E-state index in [4.69, 9.17) is 4.74 Å². The Labute approximate surface area is 290 Å². The Bertz CT molecular complexity index is 1940.